The third-order valence-electron chi connectivity index (χ3n) is 2.08. The molecule has 0 spiro atoms. The normalized spacial score (nSPS) is 16.5. The Balaban J connectivity index is 2.20. The van der Waals surface area contributed by atoms with Crippen LogP contribution in [0.5, 0.6) is 0 Å². The van der Waals surface area contributed by atoms with Crippen molar-refractivity contribution in [3.8, 4) is 0 Å². The zero-order chi connectivity index (χ0) is 10.8. The molecule has 1 aromatic heterocycles. The van der Waals surface area contributed by atoms with Crippen LogP contribution in [0.15, 0.2) is 18.3 Å². The summed E-state index contributed by atoms with van der Waals surface area (Å²) < 4.78 is 12.5. The van der Waals surface area contributed by atoms with E-state index >= 15 is 0 Å². The van der Waals surface area contributed by atoms with Gasteiger partial charge >= 0.3 is 6.03 Å². The Kier molecular flexibility index (Phi) is 2.32. The van der Waals surface area contributed by atoms with E-state index in [0.717, 1.165) is 0 Å². The van der Waals surface area contributed by atoms with Gasteiger partial charge in [-0.2, -0.15) is 4.39 Å². The van der Waals surface area contributed by atoms with Gasteiger partial charge in [0.15, 0.2) is 0 Å². The van der Waals surface area contributed by atoms with Gasteiger partial charge in [-0.15, -0.1) is 0 Å². The van der Waals surface area contributed by atoms with Crippen LogP contribution in [-0.2, 0) is 4.79 Å². The summed E-state index contributed by atoms with van der Waals surface area (Å²) in [5.74, 6) is -0.904. The summed E-state index contributed by atoms with van der Waals surface area (Å²) in [6.45, 7) is 0.290. The van der Waals surface area contributed by atoms with E-state index in [9.17, 15) is 14.0 Å². The molecule has 2 heterocycles. The van der Waals surface area contributed by atoms with Crippen LogP contribution in [-0.4, -0.2) is 23.5 Å². The van der Waals surface area contributed by atoms with Gasteiger partial charge in [-0.3, -0.25) is 15.0 Å². The molecule has 0 bridgehead atoms. The zero-order valence-electron chi connectivity index (χ0n) is 7.74. The number of nitrogens with one attached hydrogen (secondary N) is 1. The fourth-order valence-electron chi connectivity index (χ4n) is 1.34. The first-order chi connectivity index (χ1) is 7.16. The molecule has 0 aliphatic carbocycles. The third kappa shape index (κ3) is 1.93. The van der Waals surface area contributed by atoms with Crippen LogP contribution in [0.1, 0.15) is 6.42 Å². The predicted octanol–water partition coefficient (Wildman–Crippen LogP) is 0.667. The molecule has 78 valence electrons. The van der Waals surface area contributed by atoms with Gasteiger partial charge < -0.3 is 0 Å². The SMILES string of the molecule is O=C1CCN(c2ccc(F)nc2)C(=O)N1. The van der Waals surface area contributed by atoms with Gasteiger partial charge in [0, 0.05) is 13.0 Å². The van der Waals surface area contributed by atoms with Crippen LogP contribution in [0, 0.1) is 5.95 Å². The first kappa shape index (κ1) is 9.57. The number of halogens is 1. The minimum atomic E-state index is -0.604. The number of amides is 3. The number of anilines is 1. The smallest absolute Gasteiger partial charge is 0.292 e. The lowest BCUT2D eigenvalue weighted by Gasteiger charge is -2.25. The van der Waals surface area contributed by atoms with Gasteiger partial charge in [-0.1, -0.05) is 0 Å². The number of carbonyl (C=O) groups excluding carboxylic acids is 2. The van der Waals surface area contributed by atoms with E-state index in [0.29, 0.717) is 5.69 Å². The Bertz CT molecular complexity index is 404. The number of carbonyl (C=O) groups is 2. The number of hydrogen-bond donors (Lipinski definition) is 1. The summed E-state index contributed by atoms with van der Waals surface area (Å²) in [5, 5.41) is 2.17. The summed E-state index contributed by atoms with van der Waals surface area (Å²) >= 11 is 0. The molecule has 0 unspecified atom stereocenters. The van der Waals surface area contributed by atoms with E-state index in [1.54, 1.807) is 0 Å². The van der Waals surface area contributed by atoms with Crippen molar-refractivity contribution in [3.63, 3.8) is 0 Å². The van der Waals surface area contributed by atoms with Gasteiger partial charge in [-0.25, -0.2) is 9.78 Å². The van der Waals surface area contributed by atoms with Crippen LogP contribution in [0.2, 0.25) is 0 Å². The molecule has 0 saturated carbocycles. The molecule has 15 heavy (non-hydrogen) atoms. The van der Waals surface area contributed by atoms with Crippen LogP contribution in [0.3, 0.4) is 0 Å². The number of pyridine rings is 1. The molecule has 1 aliphatic rings. The third-order valence-corrected chi connectivity index (χ3v) is 2.08. The highest BCUT2D eigenvalue weighted by Crippen LogP contribution is 2.15. The molecule has 0 radical (unpaired) electrons. The Morgan fingerprint density at radius 1 is 1.40 bits per heavy atom. The Hall–Kier alpha value is -1.98. The van der Waals surface area contributed by atoms with Crippen molar-refractivity contribution in [3.05, 3.63) is 24.3 Å². The molecular weight excluding hydrogens is 201 g/mol. The molecule has 5 nitrogen and oxygen atoms in total. The van der Waals surface area contributed by atoms with Crippen LogP contribution >= 0.6 is 0 Å². The topological polar surface area (TPSA) is 62.3 Å². The maximum absolute atomic E-state index is 12.5. The van der Waals surface area contributed by atoms with E-state index in [4.69, 9.17) is 0 Å². The minimum Gasteiger partial charge on any atom is -0.292 e. The fraction of sp³-hybridized carbons (Fsp3) is 0.222. The van der Waals surface area contributed by atoms with E-state index in [-0.39, 0.29) is 18.9 Å². The zero-order valence-corrected chi connectivity index (χ0v) is 7.74. The Morgan fingerprint density at radius 2 is 2.20 bits per heavy atom. The largest absolute Gasteiger partial charge is 0.328 e. The number of aromatic nitrogens is 1. The van der Waals surface area contributed by atoms with Crippen LogP contribution in [0.25, 0.3) is 0 Å². The summed E-state index contributed by atoms with van der Waals surface area (Å²) in [6, 6.07) is 2.11. The highest BCUT2D eigenvalue weighted by Gasteiger charge is 2.24. The summed E-state index contributed by atoms with van der Waals surface area (Å²) in [4.78, 5) is 27.0. The van der Waals surface area contributed by atoms with Gasteiger partial charge in [0.25, 0.3) is 0 Å². The number of hydrogen-bond acceptors (Lipinski definition) is 3. The maximum Gasteiger partial charge on any atom is 0.328 e. The average Bonchev–Trinajstić information content (AvgIpc) is 2.20. The van der Waals surface area contributed by atoms with Gasteiger partial charge in [0.1, 0.15) is 0 Å². The van der Waals surface area contributed by atoms with E-state index < -0.39 is 12.0 Å². The van der Waals surface area contributed by atoms with E-state index in [1.807, 2.05) is 0 Å². The predicted molar refractivity (Wildman–Crippen MR) is 49.7 cm³/mol. The lowest BCUT2D eigenvalue weighted by molar-refractivity contribution is -0.120. The lowest BCUT2D eigenvalue weighted by Crippen LogP contribution is -2.49. The molecule has 1 aromatic rings. The second-order valence-electron chi connectivity index (χ2n) is 3.09. The Morgan fingerprint density at radius 3 is 2.80 bits per heavy atom. The molecule has 1 aliphatic heterocycles. The van der Waals surface area contributed by atoms with Crippen molar-refractivity contribution in [2.45, 2.75) is 6.42 Å². The second kappa shape index (κ2) is 3.64. The first-order valence-electron chi connectivity index (χ1n) is 4.40. The number of urea groups is 1. The van der Waals surface area contributed by atoms with E-state index in [2.05, 4.69) is 10.3 Å². The molecule has 0 aromatic carbocycles. The highest BCUT2D eigenvalue weighted by atomic mass is 19.1. The number of nitrogens with zero attached hydrogens (tertiary/aromatic N) is 2. The molecule has 1 N–H and O–H groups in total. The van der Waals surface area contributed by atoms with Gasteiger partial charge in [0.05, 0.1) is 11.9 Å². The van der Waals surface area contributed by atoms with Crippen molar-refractivity contribution in [2.75, 3.05) is 11.4 Å². The number of rotatable bonds is 1. The standard InChI is InChI=1S/C9H8FN3O2/c10-7-2-1-6(5-11-7)13-4-3-8(14)12-9(13)15/h1-2,5H,3-4H2,(H,12,14,15). The molecule has 3 amide bonds. The van der Waals surface area contributed by atoms with Crippen molar-refractivity contribution in [1.82, 2.24) is 10.3 Å². The molecule has 2 rings (SSSR count). The molecule has 0 atom stereocenters. The van der Waals surface area contributed by atoms with Crippen molar-refractivity contribution in [1.29, 1.82) is 0 Å². The van der Waals surface area contributed by atoms with Gasteiger partial charge in [0.2, 0.25) is 11.9 Å². The highest BCUT2D eigenvalue weighted by molar-refractivity contribution is 6.05. The summed E-state index contributed by atoms with van der Waals surface area (Å²) in [6.07, 6.45) is 1.49. The van der Waals surface area contributed by atoms with Crippen molar-refractivity contribution in [2.24, 2.45) is 0 Å². The van der Waals surface area contributed by atoms with E-state index in [1.165, 1.54) is 23.2 Å². The molecule has 1 fully saturated rings. The lowest BCUT2D eigenvalue weighted by atomic mass is 10.3. The first-order valence-corrected chi connectivity index (χ1v) is 4.40. The molecule has 1 saturated heterocycles. The molecule has 6 heteroatoms. The van der Waals surface area contributed by atoms with Crippen molar-refractivity contribution < 1.29 is 14.0 Å². The quantitative estimate of drug-likeness (QED) is 0.691. The average molecular weight is 209 g/mol. The second-order valence-corrected chi connectivity index (χ2v) is 3.09. The minimum absolute atomic E-state index is 0.239. The number of imide groups is 1. The molecular formula is C9H8FN3O2. The summed E-state index contributed by atoms with van der Waals surface area (Å²) in [5.41, 5.74) is 0.474. The maximum atomic E-state index is 12.5. The summed E-state index contributed by atoms with van der Waals surface area (Å²) in [7, 11) is 0. The van der Waals surface area contributed by atoms with Crippen LogP contribution in [0.4, 0.5) is 14.9 Å². The van der Waals surface area contributed by atoms with Gasteiger partial charge in [-0.05, 0) is 12.1 Å². The fourth-order valence-corrected chi connectivity index (χ4v) is 1.34. The Labute approximate surface area is 84.9 Å². The monoisotopic (exact) mass is 209 g/mol. The van der Waals surface area contributed by atoms with Crippen molar-refractivity contribution >= 4 is 17.6 Å². The van der Waals surface area contributed by atoms with Crippen LogP contribution < -0.4 is 10.2 Å².